The number of nitrogens with zero attached hydrogens (tertiary/aromatic N) is 7. The van der Waals surface area contributed by atoms with E-state index in [-0.39, 0.29) is 0 Å². The smallest absolute Gasteiger partial charge is 0.225 e. The molecule has 3 heterocycles. The van der Waals surface area contributed by atoms with Crippen molar-refractivity contribution in [3.63, 3.8) is 0 Å². The molecule has 2 fully saturated rings. The predicted molar refractivity (Wildman–Crippen MR) is 75.5 cm³/mol. The van der Waals surface area contributed by atoms with Crippen molar-refractivity contribution in [2.24, 2.45) is 5.92 Å². The molecule has 0 radical (unpaired) electrons. The zero-order chi connectivity index (χ0) is 14.1. The van der Waals surface area contributed by atoms with Gasteiger partial charge in [0.05, 0.1) is 6.04 Å². The van der Waals surface area contributed by atoms with E-state index in [1.54, 1.807) is 12.4 Å². The van der Waals surface area contributed by atoms with Gasteiger partial charge in [-0.05, 0) is 24.8 Å². The van der Waals surface area contributed by atoms with Gasteiger partial charge in [0.1, 0.15) is 0 Å². The number of nitrogens with one attached hydrogen (secondary N) is 1. The Morgan fingerprint density at radius 3 is 2.48 bits per heavy atom. The number of hydrogen-bond acceptors (Lipinski definition) is 7. The lowest BCUT2D eigenvalue weighted by Gasteiger charge is -2.38. The second-order valence-corrected chi connectivity index (χ2v) is 5.62. The molecule has 0 spiro atoms. The molecule has 1 N–H and O–H groups in total. The highest BCUT2D eigenvalue weighted by Gasteiger charge is 2.40. The second kappa shape index (κ2) is 5.36. The SMILES string of the molecule is c1cnc(N2CCN(C(c3nn[nH]n3)C3CC3)CC2)nc1. The largest absolute Gasteiger partial charge is 0.338 e. The third-order valence-electron chi connectivity index (χ3n) is 4.24. The first kappa shape index (κ1) is 12.6. The van der Waals surface area contributed by atoms with E-state index in [2.05, 4.69) is 40.4 Å². The molecular weight excluding hydrogens is 268 g/mol. The summed E-state index contributed by atoms with van der Waals surface area (Å²) < 4.78 is 0. The van der Waals surface area contributed by atoms with Crippen LogP contribution in [-0.2, 0) is 0 Å². The molecule has 1 saturated carbocycles. The number of aromatic nitrogens is 6. The topological polar surface area (TPSA) is 86.7 Å². The Balaban J connectivity index is 1.44. The Kier molecular flexibility index (Phi) is 3.23. The van der Waals surface area contributed by atoms with Crippen molar-refractivity contribution in [2.75, 3.05) is 31.1 Å². The van der Waals surface area contributed by atoms with Gasteiger partial charge in [-0.1, -0.05) is 5.21 Å². The van der Waals surface area contributed by atoms with Crippen molar-refractivity contribution in [3.8, 4) is 0 Å². The zero-order valence-electron chi connectivity index (χ0n) is 11.8. The van der Waals surface area contributed by atoms with E-state index >= 15 is 0 Å². The van der Waals surface area contributed by atoms with Crippen molar-refractivity contribution in [1.82, 2.24) is 35.5 Å². The van der Waals surface area contributed by atoms with Crippen LogP contribution >= 0.6 is 0 Å². The molecule has 21 heavy (non-hydrogen) atoms. The molecule has 2 aromatic heterocycles. The summed E-state index contributed by atoms with van der Waals surface area (Å²) in [5.74, 6) is 2.34. The molecule has 0 aromatic carbocycles. The van der Waals surface area contributed by atoms with Gasteiger partial charge in [0, 0.05) is 38.6 Å². The van der Waals surface area contributed by atoms with Crippen LogP contribution in [0.15, 0.2) is 18.5 Å². The summed E-state index contributed by atoms with van der Waals surface area (Å²) in [5.41, 5.74) is 0. The summed E-state index contributed by atoms with van der Waals surface area (Å²) in [6.45, 7) is 3.83. The van der Waals surface area contributed by atoms with E-state index in [0.29, 0.717) is 12.0 Å². The molecule has 1 saturated heterocycles. The van der Waals surface area contributed by atoms with E-state index in [1.165, 1.54) is 12.8 Å². The van der Waals surface area contributed by atoms with Gasteiger partial charge in [-0.2, -0.15) is 5.21 Å². The maximum absolute atomic E-state index is 4.33. The number of tetrazole rings is 1. The first-order chi connectivity index (χ1) is 10.4. The van der Waals surface area contributed by atoms with Gasteiger partial charge in [-0.25, -0.2) is 9.97 Å². The minimum absolute atomic E-state index is 0.308. The van der Waals surface area contributed by atoms with E-state index in [9.17, 15) is 0 Å². The molecule has 4 rings (SSSR count). The Hall–Kier alpha value is -2.09. The zero-order valence-corrected chi connectivity index (χ0v) is 11.8. The van der Waals surface area contributed by atoms with Crippen molar-refractivity contribution >= 4 is 5.95 Å². The molecule has 0 bridgehead atoms. The van der Waals surface area contributed by atoms with Crippen LogP contribution in [0, 0.1) is 5.92 Å². The van der Waals surface area contributed by atoms with Crippen LogP contribution in [0.4, 0.5) is 5.95 Å². The lowest BCUT2D eigenvalue weighted by molar-refractivity contribution is 0.159. The molecular formula is C13H18N8. The van der Waals surface area contributed by atoms with Crippen LogP contribution in [0.3, 0.4) is 0 Å². The molecule has 1 atom stereocenters. The molecule has 1 aliphatic carbocycles. The minimum atomic E-state index is 0.308. The Morgan fingerprint density at radius 1 is 1.10 bits per heavy atom. The number of piperazine rings is 1. The highest BCUT2D eigenvalue weighted by molar-refractivity contribution is 5.29. The van der Waals surface area contributed by atoms with E-state index in [0.717, 1.165) is 38.0 Å². The Morgan fingerprint density at radius 2 is 1.86 bits per heavy atom. The van der Waals surface area contributed by atoms with Gasteiger partial charge in [-0.15, -0.1) is 10.2 Å². The van der Waals surface area contributed by atoms with Crippen LogP contribution in [0.2, 0.25) is 0 Å². The average Bonchev–Trinajstić information content (AvgIpc) is 3.23. The summed E-state index contributed by atoms with van der Waals surface area (Å²) in [4.78, 5) is 13.4. The monoisotopic (exact) mass is 286 g/mol. The van der Waals surface area contributed by atoms with Gasteiger partial charge in [-0.3, -0.25) is 4.90 Å². The van der Waals surface area contributed by atoms with Gasteiger partial charge in [0.15, 0.2) is 5.82 Å². The van der Waals surface area contributed by atoms with Crippen molar-refractivity contribution in [3.05, 3.63) is 24.3 Å². The number of H-pyrrole nitrogens is 1. The average molecular weight is 286 g/mol. The summed E-state index contributed by atoms with van der Waals surface area (Å²) >= 11 is 0. The maximum atomic E-state index is 4.33. The fourth-order valence-corrected chi connectivity index (χ4v) is 3.03. The van der Waals surface area contributed by atoms with Crippen LogP contribution in [0.5, 0.6) is 0 Å². The Bertz CT molecular complexity index is 559. The molecule has 2 aliphatic rings. The maximum Gasteiger partial charge on any atom is 0.225 e. The van der Waals surface area contributed by atoms with Crippen molar-refractivity contribution in [1.29, 1.82) is 0 Å². The summed E-state index contributed by atoms with van der Waals surface area (Å²) in [5, 5.41) is 14.7. The lowest BCUT2D eigenvalue weighted by atomic mass is 10.1. The predicted octanol–water partition coefficient (Wildman–Crippen LogP) is 0.263. The molecule has 8 nitrogen and oxygen atoms in total. The van der Waals surface area contributed by atoms with Crippen LogP contribution in [0.25, 0.3) is 0 Å². The molecule has 110 valence electrons. The quantitative estimate of drug-likeness (QED) is 0.862. The van der Waals surface area contributed by atoms with Gasteiger partial charge >= 0.3 is 0 Å². The fraction of sp³-hybridized carbons (Fsp3) is 0.615. The summed E-state index contributed by atoms with van der Waals surface area (Å²) in [6.07, 6.45) is 6.12. The van der Waals surface area contributed by atoms with Crippen LogP contribution in [0.1, 0.15) is 24.7 Å². The number of anilines is 1. The first-order valence-corrected chi connectivity index (χ1v) is 7.41. The summed E-state index contributed by atoms with van der Waals surface area (Å²) in [7, 11) is 0. The standard InChI is InChI=1S/C13H18N8/c1-4-14-13(15-5-1)21-8-6-20(7-9-21)11(10-2-3-10)12-16-18-19-17-12/h1,4-5,10-11H,2-3,6-9H2,(H,16,17,18,19). The van der Waals surface area contributed by atoms with Crippen molar-refractivity contribution < 1.29 is 0 Å². The van der Waals surface area contributed by atoms with Crippen molar-refractivity contribution in [2.45, 2.75) is 18.9 Å². The number of rotatable bonds is 4. The van der Waals surface area contributed by atoms with E-state index in [1.807, 2.05) is 6.07 Å². The van der Waals surface area contributed by atoms with Crippen LogP contribution < -0.4 is 4.90 Å². The highest BCUT2D eigenvalue weighted by Crippen LogP contribution is 2.43. The number of hydrogen-bond donors (Lipinski definition) is 1. The highest BCUT2D eigenvalue weighted by atomic mass is 15.5. The van der Waals surface area contributed by atoms with Gasteiger partial charge in [0.2, 0.25) is 5.95 Å². The third kappa shape index (κ3) is 2.58. The second-order valence-electron chi connectivity index (χ2n) is 5.62. The molecule has 2 aromatic rings. The Labute approximate surface area is 122 Å². The molecule has 0 amide bonds. The minimum Gasteiger partial charge on any atom is -0.338 e. The fourth-order valence-electron chi connectivity index (χ4n) is 3.03. The van der Waals surface area contributed by atoms with E-state index in [4.69, 9.17) is 0 Å². The lowest BCUT2D eigenvalue weighted by Crippen LogP contribution is -2.48. The van der Waals surface area contributed by atoms with Crippen LogP contribution in [-0.4, -0.2) is 61.7 Å². The molecule has 1 unspecified atom stereocenters. The summed E-state index contributed by atoms with van der Waals surface area (Å²) in [6, 6.07) is 2.15. The van der Waals surface area contributed by atoms with E-state index < -0.39 is 0 Å². The normalized spacial score (nSPS) is 21.4. The number of aromatic amines is 1. The van der Waals surface area contributed by atoms with Gasteiger partial charge in [0.25, 0.3) is 0 Å². The molecule has 1 aliphatic heterocycles. The van der Waals surface area contributed by atoms with Gasteiger partial charge < -0.3 is 4.90 Å². The first-order valence-electron chi connectivity index (χ1n) is 7.41. The third-order valence-corrected chi connectivity index (χ3v) is 4.24. The molecule has 8 heteroatoms.